The summed E-state index contributed by atoms with van der Waals surface area (Å²) >= 11 is 0. The Morgan fingerprint density at radius 1 is 1.30 bits per heavy atom. The Kier molecular flexibility index (Phi) is 6.42. The number of amides is 2. The van der Waals surface area contributed by atoms with E-state index in [4.69, 9.17) is 0 Å². The molecule has 23 heavy (non-hydrogen) atoms. The molecule has 2 aliphatic heterocycles. The van der Waals surface area contributed by atoms with Crippen LogP contribution in [-0.4, -0.2) is 31.4 Å². The summed E-state index contributed by atoms with van der Waals surface area (Å²) in [5.74, 6) is 0.696. The summed E-state index contributed by atoms with van der Waals surface area (Å²) in [7, 11) is 0. The maximum Gasteiger partial charge on any atom is 0.251 e. The Morgan fingerprint density at radius 2 is 2.17 bits per heavy atom. The number of anilines is 1. The minimum absolute atomic E-state index is 0. The molecule has 2 amide bonds. The van der Waals surface area contributed by atoms with E-state index in [0.717, 1.165) is 37.3 Å². The Morgan fingerprint density at radius 3 is 2.96 bits per heavy atom. The largest absolute Gasteiger partial charge is 0.352 e. The molecule has 1 aromatic carbocycles. The van der Waals surface area contributed by atoms with Gasteiger partial charge in [-0.1, -0.05) is 0 Å². The van der Waals surface area contributed by atoms with Crippen molar-refractivity contribution in [3.05, 3.63) is 29.3 Å². The molecule has 126 valence electrons. The van der Waals surface area contributed by atoms with Crippen molar-refractivity contribution >= 4 is 29.9 Å². The molecule has 0 spiro atoms. The lowest BCUT2D eigenvalue weighted by Gasteiger charge is -2.22. The second-order valence-corrected chi connectivity index (χ2v) is 6.18. The van der Waals surface area contributed by atoms with E-state index in [2.05, 4.69) is 16.0 Å². The van der Waals surface area contributed by atoms with Gasteiger partial charge in [-0.2, -0.15) is 0 Å². The zero-order valence-electron chi connectivity index (χ0n) is 13.2. The van der Waals surface area contributed by atoms with E-state index >= 15 is 0 Å². The quantitative estimate of drug-likeness (QED) is 0.788. The topological polar surface area (TPSA) is 70.2 Å². The average molecular weight is 338 g/mol. The van der Waals surface area contributed by atoms with Gasteiger partial charge in [0.2, 0.25) is 5.91 Å². The summed E-state index contributed by atoms with van der Waals surface area (Å²) < 4.78 is 0. The molecule has 0 aromatic heterocycles. The van der Waals surface area contributed by atoms with Crippen LogP contribution < -0.4 is 16.0 Å². The number of carbonyl (C=O) groups is 2. The number of nitrogens with one attached hydrogen (secondary N) is 3. The molecule has 1 fully saturated rings. The second kappa shape index (κ2) is 8.31. The van der Waals surface area contributed by atoms with Crippen molar-refractivity contribution in [1.82, 2.24) is 10.6 Å². The van der Waals surface area contributed by atoms with Gasteiger partial charge < -0.3 is 16.0 Å². The molecular weight excluding hydrogens is 314 g/mol. The average Bonchev–Trinajstić information content (AvgIpc) is 2.55. The first kappa shape index (κ1) is 17.8. The number of carbonyl (C=O) groups excluding carboxylic acids is 2. The van der Waals surface area contributed by atoms with Crippen LogP contribution in [0.5, 0.6) is 0 Å². The number of hydrogen-bond donors (Lipinski definition) is 3. The molecule has 0 aliphatic carbocycles. The van der Waals surface area contributed by atoms with Gasteiger partial charge in [-0.05, 0) is 68.5 Å². The normalized spacial score (nSPS) is 20.0. The maximum absolute atomic E-state index is 12.2. The van der Waals surface area contributed by atoms with Gasteiger partial charge >= 0.3 is 0 Å². The molecule has 0 radical (unpaired) electrons. The van der Waals surface area contributed by atoms with Gasteiger partial charge in [0.1, 0.15) is 0 Å². The van der Waals surface area contributed by atoms with Crippen molar-refractivity contribution in [2.45, 2.75) is 32.1 Å². The lowest BCUT2D eigenvalue weighted by molar-refractivity contribution is -0.116. The molecule has 0 saturated carbocycles. The molecule has 3 rings (SSSR count). The van der Waals surface area contributed by atoms with Gasteiger partial charge in [0.15, 0.2) is 0 Å². The molecule has 2 heterocycles. The second-order valence-electron chi connectivity index (χ2n) is 6.18. The minimum Gasteiger partial charge on any atom is -0.352 e. The number of aryl methyl sites for hydroxylation is 1. The predicted octanol–water partition coefficient (Wildman–Crippen LogP) is 2.11. The number of rotatable bonds is 4. The molecule has 1 saturated heterocycles. The zero-order chi connectivity index (χ0) is 15.4. The van der Waals surface area contributed by atoms with Crippen LogP contribution in [0.2, 0.25) is 0 Å². The molecule has 3 N–H and O–H groups in total. The van der Waals surface area contributed by atoms with E-state index in [0.29, 0.717) is 24.3 Å². The van der Waals surface area contributed by atoms with Gasteiger partial charge in [-0.25, -0.2) is 0 Å². The fraction of sp³-hybridized carbons (Fsp3) is 0.529. The Labute approximate surface area is 143 Å². The van der Waals surface area contributed by atoms with Crippen molar-refractivity contribution in [2.75, 3.05) is 25.0 Å². The van der Waals surface area contributed by atoms with E-state index in [1.807, 2.05) is 12.1 Å². The highest BCUT2D eigenvalue weighted by Gasteiger charge is 2.17. The Balaban J connectivity index is 0.00000192. The lowest BCUT2D eigenvalue weighted by Crippen LogP contribution is -2.33. The molecule has 1 unspecified atom stereocenters. The summed E-state index contributed by atoms with van der Waals surface area (Å²) in [6, 6.07) is 5.50. The van der Waals surface area contributed by atoms with Crippen LogP contribution >= 0.6 is 12.4 Å². The number of fused-ring (bicyclic) bond motifs is 1. The molecular formula is C17H24ClN3O2. The van der Waals surface area contributed by atoms with Crippen LogP contribution in [0.25, 0.3) is 0 Å². The van der Waals surface area contributed by atoms with Gasteiger partial charge in [-0.15, -0.1) is 12.4 Å². The SMILES string of the molecule is Cl.O=C1CCc2cc(C(=O)NCCC3CCCNC3)ccc2N1. The predicted molar refractivity (Wildman–Crippen MR) is 93.2 cm³/mol. The number of benzene rings is 1. The van der Waals surface area contributed by atoms with Crippen LogP contribution in [0.1, 0.15) is 41.6 Å². The zero-order valence-corrected chi connectivity index (χ0v) is 14.0. The molecule has 2 aliphatic rings. The number of halogens is 1. The summed E-state index contributed by atoms with van der Waals surface area (Å²) in [4.78, 5) is 23.6. The maximum atomic E-state index is 12.2. The third-order valence-electron chi connectivity index (χ3n) is 4.50. The first-order chi connectivity index (χ1) is 10.7. The van der Waals surface area contributed by atoms with E-state index in [1.165, 1.54) is 12.8 Å². The molecule has 5 nitrogen and oxygen atoms in total. The monoisotopic (exact) mass is 337 g/mol. The van der Waals surface area contributed by atoms with E-state index in [1.54, 1.807) is 6.07 Å². The Bertz CT molecular complexity index is 571. The fourth-order valence-electron chi connectivity index (χ4n) is 3.19. The highest BCUT2D eigenvalue weighted by Crippen LogP contribution is 2.23. The van der Waals surface area contributed by atoms with Gasteiger partial charge in [-0.3, -0.25) is 9.59 Å². The third kappa shape index (κ3) is 4.69. The first-order valence-electron chi connectivity index (χ1n) is 8.14. The Hall–Kier alpha value is -1.59. The van der Waals surface area contributed by atoms with E-state index in [9.17, 15) is 9.59 Å². The van der Waals surface area contributed by atoms with Crippen molar-refractivity contribution in [3.8, 4) is 0 Å². The van der Waals surface area contributed by atoms with E-state index < -0.39 is 0 Å². The van der Waals surface area contributed by atoms with Crippen LogP contribution in [0.15, 0.2) is 18.2 Å². The van der Waals surface area contributed by atoms with Crippen LogP contribution in [-0.2, 0) is 11.2 Å². The van der Waals surface area contributed by atoms with Crippen LogP contribution in [0, 0.1) is 5.92 Å². The van der Waals surface area contributed by atoms with Crippen molar-refractivity contribution in [1.29, 1.82) is 0 Å². The summed E-state index contributed by atoms with van der Waals surface area (Å²) in [5, 5.41) is 9.24. The van der Waals surface area contributed by atoms with Crippen LogP contribution in [0.3, 0.4) is 0 Å². The lowest BCUT2D eigenvalue weighted by atomic mass is 9.96. The fourth-order valence-corrected chi connectivity index (χ4v) is 3.19. The highest BCUT2D eigenvalue weighted by atomic mass is 35.5. The molecule has 1 aromatic rings. The van der Waals surface area contributed by atoms with Gasteiger partial charge in [0.05, 0.1) is 0 Å². The van der Waals surface area contributed by atoms with Gasteiger partial charge in [0, 0.05) is 24.2 Å². The van der Waals surface area contributed by atoms with Crippen molar-refractivity contribution < 1.29 is 9.59 Å². The minimum atomic E-state index is -0.0246. The number of piperidine rings is 1. The first-order valence-corrected chi connectivity index (χ1v) is 8.14. The summed E-state index contributed by atoms with van der Waals surface area (Å²) in [5.41, 5.74) is 2.56. The molecule has 1 atom stereocenters. The van der Waals surface area contributed by atoms with E-state index in [-0.39, 0.29) is 24.2 Å². The van der Waals surface area contributed by atoms with Crippen LogP contribution in [0.4, 0.5) is 5.69 Å². The summed E-state index contributed by atoms with van der Waals surface area (Å²) in [6.07, 6.45) is 4.71. The standard InChI is InChI=1S/C17H23N3O2.ClH/c21-16-6-4-13-10-14(3-5-15(13)20-16)17(22)19-9-7-12-2-1-8-18-11-12;/h3,5,10,12,18H,1-2,4,6-9,11H2,(H,19,22)(H,20,21);1H. The third-order valence-corrected chi connectivity index (χ3v) is 4.50. The number of hydrogen-bond acceptors (Lipinski definition) is 3. The van der Waals surface area contributed by atoms with Gasteiger partial charge in [0.25, 0.3) is 5.91 Å². The summed E-state index contributed by atoms with van der Waals surface area (Å²) in [6.45, 7) is 2.90. The van der Waals surface area contributed by atoms with Crippen molar-refractivity contribution in [2.24, 2.45) is 5.92 Å². The molecule has 0 bridgehead atoms. The van der Waals surface area contributed by atoms with Crippen molar-refractivity contribution in [3.63, 3.8) is 0 Å². The highest BCUT2D eigenvalue weighted by molar-refractivity contribution is 5.97. The smallest absolute Gasteiger partial charge is 0.251 e. The molecule has 6 heteroatoms.